The first-order valence-corrected chi connectivity index (χ1v) is 3.53. The standard InChI is InChI=1S/C6H4Cl2.CH5N/c7-5-1-2-6(8)4-3-5;1-2/h1-4H;2H2,1H3. The molecule has 1 aromatic rings. The Bertz CT molecular complexity index is 150. The van der Waals surface area contributed by atoms with Crippen LogP contribution in [-0.2, 0) is 0 Å². The molecule has 0 aromatic heterocycles. The maximum atomic E-state index is 5.55. The third-order valence-corrected chi connectivity index (χ3v) is 1.31. The minimum Gasteiger partial charge on any atom is -0.333 e. The average Bonchev–Trinajstić information content (AvgIpc) is 2.00. The summed E-state index contributed by atoms with van der Waals surface area (Å²) in [5.41, 5.74) is 4.50. The molecule has 1 aromatic carbocycles. The molecule has 0 saturated carbocycles. The van der Waals surface area contributed by atoms with Gasteiger partial charge in [0.25, 0.3) is 0 Å². The molecule has 10 heavy (non-hydrogen) atoms. The van der Waals surface area contributed by atoms with E-state index in [9.17, 15) is 0 Å². The van der Waals surface area contributed by atoms with Crippen molar-refractivity contribution in [3.63, 3.8) is 0 Å². The highest BCUT2D eigenvalue weighted by atomic mass is 35.5. The Balaban J connectivity index is 0.000000371. The third kappa shape index (κ3) is 3.72. The molecular formula is C7H9Cl2N. The predicted octanol–water partition coefficient (Wildman–Crippen LogP) is 2.57. The third-order valence-electron chi connectivity index (χ3n) is 0.804. The summed E-state index contributed by atoms with van der Waals surface area (Å²) >= 11 is 11.1. The van der Waals surface area contributed by atoms with Crippen LogP contribution in [0.4, 0.5) is 0 Å². The van der Waals surface area contributed by atoms with Crippen LogP contribution in [0.3, 0.4) is 0 Å². The first-order valence-electron chi connectivity index (χ1n) is 2.78. The second-order valence-electron chi connectivity index (χ2n) is 1.44. The Kier molecular flexibility index (Phi) is 5.40. The zero-order valence-corrected chi connectivity index (χ0v) is 7.15. The molecule has 0 bridgehead atoms. The fourth-order valence-electron chi connectivity index (χ4n) is 0.430. The number of nitrogens with two attached hydrogens (primary N) is 1. The van der Waals surface area contributed by atoms with Crippen LogP contribution in [0, 0.1) is 0 Å². The lowest BCUT2D eigenvalue weighted by molar-refractivity contribution is 1.48. The van der Waals surface area contributed by atoms with Gasteiger partial charge in [0.2, 0.25) is 0 Å². The van der Waals surface area contributed by atoms with Gasteiger partial charge in [0.05, 0.1) is 0 Å². The lowest BCUT2D eigenvalue weighted by Crippen LogP contribution is -1.69. The van der Waals surface area contributed by atoms with Crippen LogP contribution in [0.1, 0.15) is 0 Å². The van der Waals surface area contributed by atoms with E-state index in [0.717, 1.165) is 10.0 Å². The minimum atomic E-state index is 0.717. The number of benzene rings is 1. The summed E-state index contributed by atoms with van der Waals surface area (Å²) in [6.07, 6.45) is 0. The quantitative estimate of drug-likeness (QED) is 0.649. The Morgan fingerprint density at radius 2 is 1.10 bits per heavy atom. The smallest absolute Gasteiger partial charge is 0.0407 e. The highest BCUT2D eigenvalue weighted by Crippen LogP contribution is 2.12. The lowest BCUT2D eigenvalue weighted by Gasteiger charge is -1.86. The molecule has 0 unspecified atom stereocenters. The SMILES string of the molecule is CN.Clc1ccc(Cl)cc1. The number of hydrogen-bond acceptors (Lipinski definition) is 1. The molecule has 1 rings (SSSR count). The molecule has 0 saturated heterocycles. The van der Waals surface area contributed by atoms with E-state index in [1.807, 2.05) is 0 Å². The summed E-state index contributed by atoms with van der Waals surface area (Å²) in [5.74, 6) is 0. The highest BCUT2D eigenvalue weighted by molar-refractivity contribution is 6.32. The van der Waals surface area contributed by atoms with Crippen LogP contribution in [0.5, 0.6) is 0 Å². The van der Waals surface area contributed by atoms with Crippen molar-refractivity contribution in [2.24, 2.45) is 5.73 Å². The van der Waals surface area contributed by atoms with Crippen LogP contribution in [-0.4, -0.2) is 7.05 Å². The molecule has 0 fully saturated rings. The first kappa shape index (κ1) is 9.76. The molecule has 0 atom stereocenters. The van der Waals surface area contributed by atoms with Gasteiger partial charge in [0, 0.05) is 10.0 Å². The van der Waals surface area contributed by atoms with Crippen molar-refractivity contribution in [1.29, 1.82) is 0 Å². The number of halogens is 2. The summed E-state index contributed by atoms with van der Waals surface area (Å²) in [7, 11) is 1.50. The summed E-state index contributed by atoms with van der Waals surface area (Å²) in [6.45, 7) is 0. The van der Waals surface area contributed by atoms with Crippen molar-refractivity contribution in [3.05, 3.63) is 34.3 Å². The van der Waals surface area contributed by atoms with E-state index < -0.39 is 0 Å². The average molecular weight is 178 g/mol. The van der Waals surface area contributed by atoms with Crippen molar-refractivity contribution in [1.82, 2.24) is 0 Å². The zero-order chi connectivity index (χ0) is 7.98. The summed E-state index contributed by atoms with van der Waals surface area (Å²) in [6, 6.07) is 7.02. The first-order chi connectivity index (χ1) is 4.79. The molecule has 2 N–H and O–H groups in total. The van der Waals surface area contributed by atoms with Gasteiger partial charge in [0.1, 0.15) is 0 Å². The molecule has 1 nitrogen and oxygen atoms in total. The molecule has 0 heterocycles. The Morgan fingerprint density at radius 1 is 0.900 bits per heavy atom. The van der Waals surface area contributed by atoms with E-state index in [1.165, 1.54) is 7.05 Å². The fraction of sp³-hybridized carbons (Fsp3) is 0.143. The van der Waals surface area contributed by atoms with E-state index in [1.54, 1.807) is 24.3 Å². The number of hydrogen-bond donors (Lipinski definition) is 1. The molecule has 3 heteroatoms. The maximum absolute atomic E-state index is 5.55. The summed E-state index contributed by atoms with van der Waals surface area (Å²) in [4.78, 5) is 0. The predicted molar refractivity (Wildman–Crippen MR) is 46.6 cm³/mol. The van der Waals surface area contributed by atoms with Crippen molar-refractivity contribution < 1.29 is 0 Å². The Morgan fingerprint density at radius 3 is 1.30 bits per heavy atom. The molecule has 0 aliphatic heterocycles. The van der Waals surface area contributed by atoms with E-state index in [-0.39, 0.29) is 0 Å². The van der Waals surface area contributed by atoms with E-state index in [2.05, 4.69) is 5.73 Å². The van der Waals surface area contributed by atoms with E-state index in [0.29, 0.717) is 0 Å². The monoisotopic (exact) mass is 177 g/mol. The zero-order valence-electron chi connectivity index (χ0n) is 5.64. The van der Waals surface area contributed by atoms with Gasteiger partial charge in [-0.15, -0.1) is 0 Å². The second kappa shape index (κ2) is 5.54. The Labute approximate surface area is 70.7 Å². The van der Waals surface area contributed by atoms with Crippen LogP contribution < -0.4 is 5.73 Å². The minimum absolute atomic E-state index is 0.717. The molecular weight excluding hydrogens is 169 g/mol. The Hall–Kier alpha value is -0.240. The van der Waals surface area contributed by atoms with Crippen LogP contribution in [0.2, 0.25) is 10.0 Å². The largest absolute Gasteiger partial charge is 0.333 e. The van der Waals surface area contributed by atoms with Crippen LogP contribution in [0.25, 0.3) is 0 Å². The molecule has 0 amide bonds. The highest BCUT2D eigenvalue weighted by Gasteiger charge is 1.83. The van der Waals surface area contributed by atoms with Gasteiger partial charge in [-0.25, -0.2) is 0 Å². The van der Waals surface area contributed by atoms with Gasteiger partial charge in [-0.2, -0.15) is 0 Å². The topological polar surface area (TPSA) is 26.0 Å². The molecule has 56 valence electrons. The van der Waals surface area contributed by atoms with Crippen molar-refractivity contribution in [2.45, 2.75) is 0 Å². The number of rotatable bonds is 0. The van der Waals surface area contributed by atoms with Gasteiger partial charge in [-0.1, -0.05) is 23.2 Å². The lowest BCUT2D eigenvalue weighted by atomic mass is 10.4. The van der Waals surface area contributed by atoms with Crippen molar-refractivity contribution in [2.75, 3.05) is 7.05 Å². The maximum Gasteiger partial charge on any atom is 0.0407 e. The molecule has 0 aliphatic rings. The van der Waals surface area contributed by atoms with Crippen molar-refractivity contribution >= 4 is 23.2 Å². The summed E-state index contributed by atoms with van der Waals surface area (Å²) in [5, 5.41) is 1.43. The molecule has 0 aliphatic carbocycles. The van der Waals surface area contributed by atoms with Gasteiger partial charge in [-0.3, -0.25) is 0 Å². The van der Waals surface area contributed by atoms with Crippen molar-refractivity contribution in [3.8, 4) is 0 Å². The fourth-order valence-corrected chi connectivity index (χ4v) is 0.682. The summed E-state index contributed by atoms with van der Waals surface area (Å²) < 4.78 is 0. The molecule has 0 spiro atoms. The van der Waals surface area contributed by atoms with E-state index >= 15 is 0 Å². The van der Waals surface area contributed by atoms with Gasteiger partial charge in [0.15, 0.2) is 0 Å². The van der Waals surface area contributed by atoms with E-state index in [4.69, 9.17) is 23.2 Å². The van der Waals surface area contributed by atoms with Crippen LogP contribution in [0.15, 0.2) is 24.3 Å². The van der Waals surface area contributed by atoms with Gasteiger partial charge >= 0.3 is 0 Å². The van der Waals surface area contributed by atoms with Gasteiger partial charge in [-0.05, 0) is 31.3 Å². The molecule has 0 radical (unpaired) electrons. The van der Waals surface area contributed by atoms with Crippen LogP contribution >= 0.6 is 23.2 Å². The second-order valence-corrected chi connectivity index (χ2v) is 2.31. The van der Waals surface area contributed by atoms with Gasteiger partial charge < -0.3 is 5.73 Å². The normalized spacial score (nSPS) is 8.00.